The van der Waals surface area contributed by atoms with Crippen LogP contribution in [-0.4, -0.2) is 20.9 Å². The second-order valence-electron chi connectivity index (χ2n) is 7.98. The monoisotopic (exact) mass is 444 g/mol. The lowest BCUT2D eigenvalue weighted by Gasteiger charge is -2.21. The number of hydrogen-bond acceptors (Lipinski definition) is 5. The predicted octanol–water partition coefficient (Wildman–Crippen LogP) is 4.65. The van der Waals surface area contributed by atoms with Crippen LogP contribution in [0, 0.1) is 12.7 Å². The largest absolute Gasteiger partial charge is 0.359 e. The Morgan fingerprint density at radius 1 is 0.939 bits per heavy atom. The molecule has 0 spiro atoms. The molecule has 6 nitrogen and oxygen atoms in total. The van der Waals surface area contributed by atoms with Gasteiger partial charge in [0.25, 0.3) is 5.91 Å². The van der Waals surface area contributed by atoms with Gasteiger partial charge in [-0.1, -0.05) is 47.1 Å². The van der Waals surface area contributed by atoms with Gasteiger partial charge in [0.15, 0.2) is 11.5 Å². The van der Waals surface area contributed by atoms with Crippen molar-refractivity contribution in [2.75, 3.05) is 0 Å². The minimum Gasteiger partial charge on any atom is -0.359 e. The molecule has 0 radical (unpaired) electrons. The van der Waals surface area contributed by atoms with Gasteiger partial charge in [0, 0.05) is 38.1 Å². The summed E-state index contributed by atoms with van der Waals surface area (Å²) in [5.74, 6) is -0.0504. The second-order valence-corrected chi connectivity index (χ2v) is 7.98. The quantitative estimate of drug-likeness (QED) is 0.407. The van der Waals surface area contributed by atoms with E-state index in [2.05, 4.69) is 45.5 Å². The average molecular weight is 445 g/mol. The molecule has 2 heterocycles. The van der Waals surface area contributed by atoms with Crippen LogP contribution in [0.25, 0.3) is 0 Å². The van der Waals surface area contributed by atoms with Crippen LogP contribution >= 0.6 is 0 Å². The van der Waals surface area contributed by atoms with Crippen LogP contribution in [0.4, 0.5) is 4.39 Å². The van der Waals surface area contributed by atoms with Crippen molar-refractivity contribution in [3.63, 3.8) is 0 Å². The Morgan fingerprint density at radius 2 is 1.70 bits per heavy atom. The maximum atomic E-state index is 13.0. The maximum Gasteiger partial charge on any atom is 0.273 e. The second kappa shape index (κ2) is 10.7. The highest BCUT2D eigenvalue weighted by molar-refractivity contribution is 5.92. The van der Waals surface area contributed by atoms with Crippen molar-refractivity contribution in [1.29, 1.82) is 0 Å². The number of aryl methyl sites for hydroxylation is 1. The van der Waals surface area contributed by atoms with E-state index in [-0.39, 0.29) is 24.0 Å². The first-order chi connectivity index (χ1) is 16.0. The summed E-state index contributed by atoms with van der Waals surface area (Å²) in [5.41, 5.74) is 4.55. The summed E-state index contributed by atoms with van der Waals surface area (Å²) in [6.45, 7) is 4.27. The molecule has 0 unspecified atom stereocenters. The van der Waals surface area contributed by atoms with E-state index in [1.165, 1.54) is 23.3 Å². The van der Waals surface area contributed by atoms with Gasteiger partial charge < -0.3 is 9.84 Å². The third-order valence-corrected chi connectivity index (χ3v) is 5.18. The van der Waals surface area contributed by atoms with Crippen molar-refractivity contribution in [3.05, 3.63) is 119 Å². The van der Waals surface area contributed by atoms with E-state index in [1.807, 2.05) is 18.2 Å². The molecule has 7 heteroatoms. The summed E-state index contributed by atoms with van der Waals surface area (Å²) in [6, 6.07) is 20.0. The van der Waals surface area contributed by atoms with Crippen molar-refractivity contribution in [2.24, 2.45) is 0 Å². The SMILES string of the molecule is Cc1cccc(CN(Cc2ccncc2)Cc2cc(C(=O)NCc3ccc(F)cc3)no2)c1. The van der Waals surface area contributed by atoms with E-state index >= 15 is 0 Å². The Balaban J connectivity index is 1.42. The molecule has 0 fully saturated rings. The fourth-order valence-electron chi connectivity index (χ4n) is 3.57. The van der Waals surface area contributed by atoms with Crippen molar-refractivity contribution < 1.29 is 13.7 Å². The fourth-order valence-corrected chi connectivity index (χ4v) is 3.57. The molecular weight excluding hydrogens is 419 g/mol. The first-order valence-electron chi connectivity index (χ1n) is 10.7. The van der Waals surface area contributed by atoms with Gasteiger partial charge in [0.1, 0.15) is 5.82 Å². The third kappa shape index (κ3) is 6.57. The average Bonchev–Trinajstić information content (AvgIpc) is 3.28. The number of pyridine rings is 1. The number of carbonyl (C=O) groups excluding carboxylic acids is 1. The van der Waals surface area contributed by atoms with Crippen molar-refractivity contribution in [1.82, 2.24) is 20.4 Å². The van der Waals surface area contributed by atoms with E-state index in [0.717, 1.165) is 17.7 Å². The van der Waals surface area contributed by atoms with Gasteiger partial charge >= 0.3 is 0 Å². The van der Waals surface area contributed by atoms with Gasteiger partial charge in [-0.05, 0) is 47.9 Å². The van der Waals surface area contributed by atoms with E-state index in [0.29, 0.717) is 18.8 Å². The smallest absolute Gasteiger partial charge is 0.273 e. The first kappa shape index (κ1) is 22.4. The third-order valence-electron chi connectivity index (χ3n) is 5.18. The van der Waals surface area contributed by atoms with Crippen molar-refractivity contribution in [3.8, 4) is 0 Å². The standard InChI is InChI=1S/C26H25FN4O2/c1-19-3-2-4-22(13-19)17-31(16-21-9-11-28-12-10-21)18-24-14-25(30-33-24)26(32)29-15-20-5-7-23(27)8-6-20/h2-14H,15-18H2,1H3,(H,29,32). The van der Waals surface area contributed by atoms with Crippen molar-refractivity contribution in [2.45, 2.75) is 33.1 Å². The highest BCUT2D eigenvalue weighted by Crippen LogP contribution is 2.16. The molecule has 0 saturated carbocycles. The molecule has 1 N–H and O–H groups in total. The Morgan fingerprint density at radius 3 is 2.45 bits per heavy atom. The highest BCUT2D eigenvalue weighted by atomic mass is 19.1. The lowest BCUT2D eigenvalue weighted by atomic mass is 10.1. The van der Waals surface area contributed by atoms with E-state index < -0.39 is 0 Å². The van der Waals surface area contributed by atoms with E-state index in [9.17, 15) is 9.18 Å². The zero-order valence-electron chi connectivity index (χ0n) is 18.4. The number of nitrogens with zero attached hydrogens (tertiary/aromatic N) is 3. The molecule has 1 amide bonds. The van der Waals surface area contributed by atoms with Gasteiger partial charge in [-0.25, -0.2) is 4.39 Å². The molecular formula is C26H25FN4O2. The van der Waals surface area contributed by atoms with Crippen LogP contribution in [0.3, 0.4) is 0 Å². The van der Waals surface area contributed by atoms with Crippen molar-refractivity contribution >= 4 is 5.91 Å². The Bertz CT molecular complexity index is 1190. The zero-order chi connectivity index (χ0) is 23.0. The van der Waals surface area contributed by atoms with E-state index in [1.54, 1.807) is 30.6 Å². The van der Waals surface area contributed by atoms with Crippen LogP contribution in [0.5, 0.6) is 0 Å². The topological polar surface area (TPSA) is 71.3 Å². The number of nitrogens with one attached hydrogen (secondary N) is 1. The van der Waals surface area contributed by atoms with Crippen LogP contribution < -0.4 is 5.32 Å². The number of aromatic nitrogens is 2. The number of carbonyl (C=O) groups is 1. The van der Waals surface area contributed by atoms with Gasteiger partial charge in [-0.15, -0.1) is 0 Å². The molecule has 0 aliphatic carbocycles. The summed E-state index contributed by atoms with van der Waals surface area (Å²) < 4.78 is 18.5. The predicted molar refractivity (Wildman–Crippen MR) is 122 cm³/mol. The maximum absolute atomic E-state index is 13.0. The van der Waals surface area contributed by atoms with Gasteiger partial charge in [-0.3, -0.25) is 14.7 Å². The van der Waals surface area contributed by atoms with E-state index in [4.69, 9.17) is 4.52 Å². The van der Waals surface area contributed by atoms with Crippen LogP contribution in [0.15, 0.2) is 83.6 Å². The van der Waals surface area contributed by atoms with Crippen LogP contribution in [0.2, 0.25) is 0 Å². The minimum atomic E-state index is -0.339. The number of amides is 1. The normalized spacial score (nSPS) is 11.0. The fraction of sp³-hybridized carbons (Fsp3) is 0.192. The molecule has 0 aliphatic heterocycles. The molecule has 0 bridgehead atoms. The van der Waals surface area contributed by atoms with Gasteiger partial charge in [0.2, 0.25) is 0 Å². The molecule has 168 valence electrons. The first-order valence-corrected chi connectivity index (χ1v) is 10.7. The lowest BCUT2D eigenvalue weighted by molar-refractivity contribution is 0.0941. The molecule has 2 aromatic heterocycles. The molecule has 33 heavy (non-hydrogen) atoms. The molecule has 0 aliphatic rings. The van der Waals surface area contributed by atoms with Gasteiger partial charge in [-0.2, -0.15) is 0 Å². The minimum absolute atomic E-state index is 0.214. The molecule has 0 atom stereocenters. The lowest BCUT2D eigenvalue weighted by Crippen LogP contribution is -2.23. The molecule has 2 aromatic carbocycles. The highest BCUT2D eigenvalue weighted by Gasteiger charge is 2.16. The molecule has 0 saturated heterocycles. The van der Waals surface area contributed by atoms with Crippen LogP contribution in [-0.2, 0) is 26.2 Å². The summed E-state index contributed by atoms with van der Waals surface area (Å²) in [5, 5.41) is 6.72. The number of halogens is 1. The summed E-state index contributed by atoms with van der Waals surface area (Å²) in [7, 11) is 0. The summed E-state index contributed by atoms with van der Waals surface area (Å²) >= 11 is 0. The molecule has 4 aromatic rings. The number of hydrogen-bond donors (Lipinski definition) is 1. The summed E-state index contributed by atoms with van der Waals surface area (Å²) in [4.78, 5) is 18.8. The number of benzene rings is 2. The summed E-state index contributed by atoms with van der Waals surface area (Å²) in [6.07, 6.45) is 3.55. The molecule has 4 rings (SSSR count). The van der Waals surface area contributed by atoms with Gasteiger partial charge in [0.05, 0.1) is 6.54 Å². The Kier molecular flexibility index (Phi) is 7.22. The Labute approximate surface area is 192 Å². The van der Waals surface area contributed by atoms with Crippen LogP contribution in [0.1, 0.15) is 38.5 Å². The Hall–Kier alpha value is -3.84. The zero-order valence-corrected chi connectivity index (χ0v) is 18.4. The number of rotatable bonds is 9.